The summed E-state index contributed by atoms with van der Waals surface area (Å²) in [4.78, 5) is 19.4. The zero-order chi connectivity index (χ0) is 19.8. The Bertz CT molecular complexity index is 975. The van der Waals surface area contributed by atoms with E-state index in [0.29, 0.717) is 6.61 Å². The van der Waals surface area contributed by atoms with Crippen molar-refractivity contribution in [2.24, 2.45) is 4.99 Å². The third kappa shape index (κ3) is 3.47. The van der Waals surface area contributed by atoms with Gasteiger partial charge >= 0.3 is 6.09 Å². The molecule has 5 rings (SSSR count). The van der Waals surface area contributed by atoms with Gasteiger partial charge in [0, 0.05) is 31.2 Å². The monoisotopic (exact) mass is 388 g/mol. The van der Waals surface area contributed by atoms with Crippen molar-refractivity contribution in [1.29, 1.82) is 0 Å². The zero-order valence-corrected chi connectivity index (χ0v) is 16.5. The topological polar surface area (TPSA) is 51.1 Å². The van der Waals surface area contributed by atoms with Crippen molar-refractivity contribution in [1.82, 2.24) is 4.90 Å². The maximum Gasteiger partial charge on any atom is 0.413 e. The van der Waals surface area contributed by atoms with Crippen molar-refractivity contribution in [3.8, 4) is 0 Å². The standard InChI is InChI=1S/C24H24N2O3/c1-17-7-9-19(10-8-17)20-13-21(25-14-20)22-16-29-24(11-12-24)26(22)23(27)28-15-18-5-3-2-4-6-18/h2-10,14,22H,11-13,15-16H2,1H3/t22-/m0/s1. The van der Waals surface area contributed by atoms with Crippen LogP contribution in [0.2, 0.25) is 0 Å². The van der Waals surface area contributed by atoms with Crippen LogP contribution in [0.1, 0.15) is 36.0 Å². The average Bonchev–Trinajstić information content (AvgIpc) is 3.18. The second-order valence-electron chi connectivity index (χ2n) is 8.00. The van der Waals surface area contributed by atoms with Crippen molar-refractivity contribution in [2.45, 2.75) is 44.6 Å². The first-order valence-electron chi connectivity index (χ1n) is 10.1. The van der Waals surface area contributed by atoms with Gasteiger partial charge in [-0.3, -0.25) is 9.89 Å². The lowest BCUT2D eigenvalue weighted by Gasteiger charge is -2.27. The number of hydrogen-bond donors (Lipinski definition) is 0. The van der Waals surface area contributed by atoms with Crippen LogP contribution in [-0.2, 0) is 16.1 Å². The molecular formula is C24H24N2O3. The van der Waals surface area contributed by atoms with Gasteiger partial charge in [-0.05, 0) is 23.6 Å². The largest absolute Gasteiger partial charge is 0.444 e. The molecule has 2 aromatic carbocycles. The Morgan fingerprint density at radius 3 is 2.66 bits per heavy atom. The molecule has 0 aromatic heterocycles. The fraction of sp³-hybridized carbons (Fsp3) is 0.333. The zero-order valence-electron chi connectivity index (χ0n) is 16.5. The highest BCUT2D eigenvalue weighted by Crippen LogP contribution is 2.49. The molecule has 1 amide bonds. The smallest absolute Gasteiger partial charge is 0.413 e. The molecule has 1 saturated carbocycles. The lowest BCUT2D eigenvalue weighted by Crippen LogP contribution is -2.47. The first-order valence-corrected chi connectivity index (χ1v) is 10.1. The number of allylic oxidation sites excluding steroid dienone is 1. The number of carbonyl (C=O) groups is 1. The van der Waals surface area contributed by atoms with Gasteiger partial charge in [-0.1, -0.05) is 60.2 Å². The highest BCUT2D eigenvalue weighted by Gasteiger charge is 2.60. The fourth-order valence-corrected chi connectivity index (χ4v) is 4.08. The third-order valence-electron chi connectivity index (χ3n) is 5.90. The molecule has 1 atom stereocenters. The number of nitrogens with zero attached hydrogens (tertiary/aromatic N) is 2. The van der Waals surface area contributed by atoms with E-state index in [1.165, 1.54) is 16.7 Å². The van der Waals surface area contributed by atoms with E-state index >= 15 is 0 Å². The molecule has 5 heteroatoms. The second kappa shape index (κ2) is 7.16. The van der Waals surface area contributed by atoms with Crippen LogP contribution in [-0.4, -0.2) is 35.1 Å². The van der Waals surface area contributed by atoms with E-state index in [0.717, 1.165) is 30.5 Å². The van der Waals surface area contributed by atoms with Crippen molar-refractivity contribution >= 4 is 17.4 Å². The maximum atomic E-state index is 13.0. The van der Waals surface area contributed by atoms with Crippen LogP contribution < -0.4 is 0 Å². The Balaban J connectivity index is 1.28. The summed E-state index contributed by atoms with van der Waals surface area (Å²) in [6.45, 7) is 2.82. The minimum Gasteiger partial charge on any atom is -0.444 e. The van der Waals surface area contributed by atoms with Gasteiger partial charge in [0.05, 0.1) is 6.61 Å². The molecule has 2 aromatic rings. The van der Waals surface area contributed by atoms with Crippen molar-refractivity contribution in [3.63, 3.8) is 0 Å². The summed E-state index contributed by atoms with van der Waals surface area (Å²) in [5.41, 5.74) is 5.04. The SMILES string of the molecule is Cc1ccc(C2=CN=C([C@@H]3COC4(CC4)N3C(=O)OCc3ccccc3)C2)cc1. The van der Waals surface area contributed by atoms with Crippen LogP contribution in [0.4, 0.5) is 4.79 Å². The van der Waals surface area contributed by atoms with Crippen LogP contribution in [0.25, 0.3) is 5.57 Å². The molecule has 0 unspecified atom stereocenters. The maximum absolute atomic E-state index is 13.0. The summed E-state index contributed by atoms with van der Waals surface area (Å²) in [6, 6.07) is 18.0. The number of amides is 1. The van der Waals surface area contributed by atoms with E-state index in [-0.39, 0.29) is 18.7 Å². The minimum atomic E-state index is -0.492. The van der Waals surface area contributed by atoms with Crippen LogP contribution in [0.15, 0.2) is 65.8 Å². The first kappa shape index (κ1) is 18.1. The van der Waals surface area contributed by atoms with Crippen LogP contribution in [0.3, 0.4) is 0 Å². The summed E-state index contributed by atoms with van der Waals surface area (Å²) in [5.74, 6) is 0. The Morgan fingerprint density at radius 2 is 1.93 bits per heavy atom. The molecular weight excluding hydrogens is 364 g/mol. The van der Waals surface area contributed by atoms with Gasteiger partial charge in [-0.25, -0.2) is 4.79 Å². The molecule has 3 aliphatic rings. The van der Waals surface area contributed by atoms with Gasteiger partial charge in [0.25, 0.3) is 0 Å². The van der Waals surface area contributed by atoms with Gasteiger partial charge in [0.2, 0.25) is 0 Å². The molecule has 5 nitrogen and oxygen atoms in total. The van der Waals surface area contributed by atoms with Crippen molar-refractivity contribution in [2.75, 3.05) is 6.61 Å². The Hall–Kier alpha value is -2.92. The van der Waals surface area contributed by atoms with E-state index in [9.17, 15) is 4.79 Å². The highest BCUT2D eigenvalue weighted by molar-refractivity contribution is 6.03. The van der Waals surface area contributed by atoms with Crippen LogP contribution in [0, 0.1) is 6.92 Å². The van der Waals surface area contributed by atoms with E-state index < -0.39 is 5.72 Å². The quantitative estimate of drug-likeness (QED) is 0.762. The number of hydrogen-bond acceptors (Lipinski definition) is 4. The Kier molecular flexibility index (Phi) is 4.47. The molecule has 1 saturated heterocycles. The molecule has 1 spiro atoms. The Labute approximate surface area is 170 Å². The summed E-state index contributed by atoms with van der Waals surface area (Å²) >= 11 is 0. The third-order valence-corrected chi connectivity index (χ3v) is 5.90. The van der Waals surface area contributed by atoms with E-state index in [1.807, 2.05) is 36.5 Å². The molecule has 2 heterocycles. The minimum absolute atomic E-state index is 0.167. The number of benzene rings is 2. The van der Waals surface area contributed by atoms with Crippen molar-refractivity contribution in [3.05, 3.63) is 77.5 Å². The lowest BCUT2D eigenvalue weighted by atomic mass is 9.99. The summed E-state index contributed by atoms with van der Waals surface area (Å²) in [6.07, 6.45) is 4.05. The van der Waals surface area contributed by atoms with Crippen LogP contribution in [0.5, 0.6) is 0 Å². The fourth-order valence-electron chi connectivity index (χ4n) is 4.08. The van der Waals surface area contributed by atoms with Gasteiger partial charge in [-0.2, -0.15) is 0 Å². The number of rotatable bonds is 4. The van der Waals surface area contributed by atoms with E-state index in [2.05, 4.69) is 36.2 Å². The molecule has 0 bridgehead atoms. The lowest BCUT2D eigenvalue weighted by molar-refractivity contribution is 0.00147. The number of aliphatic imine (C=N–C) groups is 1. The molecule has 0 radical (unpaired) electrons. The molecule has 2 fully saturated rings. The predicted molar refractivity (Wildman–Crippen MR) is 111 cm³/mol. The first-order chi connectivity index (χ1) is 14.1. The molecule has 1 aliphatic carbocycles. The van der Waals surface area contributed by atoms with Gasteiger partial charge < -0.3 is 9.47 Å². The van der Waals surface area contributed by atoms with Gasteiger partial charge in [0.1, 0.15) is 18.4 Å². The summed E-state index contributed by atoms with van der Waals surface area (Å²) in [5, 5.41) is 0. The van der Waals surface area contributed by atoms with E-state index in [1.54, 1.807) is 4.90 Å². The molecule has 0 N–H and O–H groups in total. The summed E-state index contributed by atoms with van der Waals surface area (Å²) in [7, 11) is 0. The number of ether oxygens (including phenoxy) is 2. The summed E-state index contributed by atoms with van der Waals surface area (Å²) < 4.78 is 11.7. The second-order valence-corrected chi connectivity index (χ2v) is 8.00. The van der Waals surface area contributed by atoms with E-state index in [4.69, 9.17) is 9.47 Å². The van der Waals surface area contributed by atoms with Crippen LogP contribution >= 0.6 is 0 Å². The molecule has 148 valence electrons. The van der Waals surface area contributed by atoms with Gasteiger partial charge in [-0.15, -0.1) is 0 Å². The highest BCUT2D eigenvalue weighted by atomic mass is 16.6. The number of carbonyl (C=O) groups excluding carboxylic acids is 1. The predicted octanol–water partition coefficient (Wildman–Crippen LogP) is 4.71. The molecule has 2 aliphatic heterocycles. The normalized spacial score (nSPS) is 21.8. The average molecular weight is 388 g/mol. The van der Waals surface area contributed by atoms with Crippen molar-refractivity contribution < 1.29 is 14.3 Å². The number of aryl methyl sites for hydroxylation is 1. The van der Waals surface area contributed by atoms with Gasteiger partial charge in [0.15, 0.2) is 0 Å². The Morgan fingerprint density at radius 1 is 1.17 bits per heavy atom. The molecule has 29 heavy (non-hydrogen) atoms.